The van der Waals surface area contributed by atoms with E-state index in [2.05, 4.69) is 137 Å². The second-order valence-corrected chi connectivity index (χ2v) is 15.0. The minimum absolute atomic E-state index is 0.132. The average molecular weight is 749 g/mol. The normalized spacial score (nSPS) is 14.8. The molecular formula is C52H30F2N4. The summed E-state index contributed by atoms with van der Waals surface area (Å²) in [7, 11) is 0. The number of nitrogens with zero attached hydrogens (tertiary/aromatic N) is 4. The van der Waals surface area contributed by atoms with Crippen LogP contribution in [-0.2, 0) is 5.41 Å². The van der Waals surface area contributed by atoms with Crippen LogP contribution in [0.1, 0.15) is 22.3 Å². The zero-order chi connectivity index (χ0) is 38.5. The lowest BCUT2D eigenvalue weighted by Crippen LogP contribution is -2.26. The summed E-state index contributed by atoms with van der Waals surface area (Å²) in [6, 6.07) is 60.5. The molecule has 0 amide bonds. The predicted molar refractivity (Wildman–Crippen MR) is 227 cm³/mol. The summed E-state index contributed by atoms with van der Waals surface area (Å²) in [4.78, 5) is 14.4. The molecule has 2 aliphatic rings. The van der Waals surface area contributed by atoms with E-state index in [1.807, 2.05) is 6.07 Å². The number of hydrogen-bond donors (Lipinski definition) is 0. The number of rotatable bonds is 4. The first-order chi connectivity index (χ1) is 28.6. The maximum Gasteiger partial charge on any atom is 0.167 e. The zero-order valence-corrected chi connectivity index (χ0v) is 30.9. The number of aromatic nitrogens is 4. The fraction of sp³-hybridized carbons (Fsp3) is 0.0192. The van der Waals surface area contributed by atoms with Gasteiger partial charge in [0.25, 0.3) is 0 Å². The van der Waals surface area contributed by atoms with E-state index in [1.54, 1.807) is 36.4 Å². The molecule has 10 aromatic rings. The predicted octanol–water partition coefficient (Wildman–Crippen LogP) is 12.6. The van der Waals surface area contributed by atoms with E-state index in [-0.39, 0.29) is 22.8 Å². The van der Waals surface area contributed by atoms with Gasteiger partial charge < -0.3 is 4.57 Å². The van der Waals surface area contributed by atoms with Gasteiger partial charge in [-0.25, -0.2) is 23.7 Å². The largest absolute Gasteiger partial charge is 0.309 e. The van der Waals surface area contributed by atoms with Gasteiger partial charge in [-0.15, -0.1) is 0 Å². The molecule has 1 spiro atoms. The quantitative estimate of drug-likeness (QED) is 0.180. The van der Waals surface area contributed by atoms with Crippen LogP contribution in [0.4, 0.5) is 8.78 Å². The third-order valence-corrected chi connectivity index (χ3v) is 12.0. The first-order valence-electron chi connectivity index (χ1n) is 19.3. The van der Waals surface area contributed by atoms with Gasteiger partial charge in [-0.2, -0.15) is 0 Å². The number of para-hydroxylation sites is 2. The van der Waals surface area contributed by atoms with E-state index in [0.717, 1.165) is 33.4 Å². The fourth-order valence-electron chi connectivity index (χ4n) is 9.64. The summed E-state index contributed by atoms with van der Waals surface area (Å²) in [6.45, 7) is 0. The Kier molecular flexibility index (Phi) is 6.88. The van der Waals surface area contributed by atoms with Crippen LogP contribution in [0.15, 0.2) is 182 Å². The van der Waals surface area contributed by atoms with Crippen LogP contribution in [0.2, 0.25) is 0 Å². The van der Waals surface area contributed by atoms with Crippen molar-refractivity contribution in [2.75, 3.05) is 0 Å². The zero-order valence-electron chi connectivity index (χ0n) is 30.9. The molecule has 12 rings (SSSR count). The smallest absolute Gasteiger partial charge is 0.167 e. The van der Waals surface area contributed by atoms with Crippen LogP contribution in [0.3, 0.4) is 0 Å². The number of fused-ring (bicyclic) bond motifs is 13. The van der Waals surface area contributed by atoms with E-state index >= 15 is 8.78 Å². The number of hydrogen-bond acceptors (Lipinski definition) is 3. The molecule has 0 saturated heterocycles. The minimum Gasteiger partial charge on any atom is -0.309 e. The molecule has 0 N–H and O–H groups in total. The molecule has 6 heteroatoms. The van der Waals surface area contributed by atoms with Crippen molar-refractivity contribution in [1.29, 1.82) is 0 Å². The van der Waals surface area contributed by atoms with Gasteiger partial charge in [-0.3, -0.25) is 0 Å². The van der Waals surface area contributed by atoms with E-state index in [4.69, 9.17) is 9.97 Å². The third kappa shape index (κ3) is 4.45. The molecule has 0 aliphatic heterocycles. The lowest BCUT2D eigenvalue weighted by Gasteiger charge is -2.31. The van der Waals surface area contributed by atoms with Crippen LogP contribution in [-0.4, -0.2) is 19.5 Å². The monoisotopic (exact) mass is 748 g/mol. The molecule has 1 atom stereocenters. The highest BCUT2D eigenvalue weighted by molar-refractivity contribution is 6.09. The summed E-state index contributed by atoms with van der Waals surface area (Å²) in [5, 5.41) is 2.42. The lowest BCUT2D eigenvalue weighted by molar-refractivity contribution is 0.628. The molecule has 4 nitrogen and oxygen atoms in total. The summed E-state index contributed by atoms with van der Waals surface area (Å²) >= 11 is 0. The van der Waals surface area contributed by atoms with Crippen LogP contribution < -0.4 is 0 Å². The maximum absolute atomic E-state index is 15.4. The Hall–Kier alpha value is -7.57. The molecule has 0 bridgehead atoms. The minimum atomic E-state index is -0.682. The molecule has 0 saturated carbocycles. The second-order valence-electron chi connectivity index (χ2n) is 15.0. The molecule has 58 heavy (non-hydrogen) atoms. The molecule has 0 fully saturated rings. The Labute approximate surface area is 332 Å². The Morgan fingerprint density at radius 3 is 1.36 bits per heavy atom. The first-order valence-corrected chi connectivity index (χ1v) is 19.3. The van der Waals surface area contributed by atoms with Crippen LogP contribution in [0.25, 0.3) is 83.9 Å². The van der Waals surface area contributed by atoms with Crippen molar-refractivity contribution in [3.05, 3.63) is 216 Å². The molecule has 0 radical (unpaired) electrons. The number of halogens is 2. The van der Waals surface area contributed by atoms with Gasteiger partial charge in [0.1, 0.15) is 11.6 Å². The summed E-state index contributed by atoms with van der Waals surface area (Å²) < 4.78 is 33.1. The van der Waals surface area contributed by atoms with Gasteiger partial charge in [0.2, 0.25) is 0 Å². The first kappa shape index (κ1) is 32.7. The maximum atomic E-state index is 15.4. The van der Waals surface area contributed by atoms with E-state index in [0.29, 0.717) is 11.4 Å². The average Bonchev–Trinajstić information content (AvgIpc) is 3.88. The molecule has 2 aliphatic carbocycles. The third-order valence-electron chi connectivity index (χ3n) is 12.0. The Morgan fingerprint density at radius 1 is 0.362 bits per heavy atom. The number of benzene rings is 8. The lowest BCUT2D eigenvalue weighted by atomic mass is 9.70. The van der Waals surface area contributed by atoms with Crippen molar-refractivity contribution in [1.82, 2.24) is 19.5 Å². The molecular weight excluding hydrogens is 719 g/mol. The van der Waals surface area contributed by atoms with E-state index < -0.39 is 17.0 Å². The molecule has 272 valence electrons. The molecule has 2 aromatic heterocycles. The van der Waals surface area contributed by atoms with Crippen molar-refractivity contribution in [2.24, 2.45) is 0 Å². The SMILES string of the molecule is Fc1ccccc1-c1nc(-c2ccc3c(c2)C2(c4ccccc4-3)c3ccccc3-c3ccc(-n4c5ccccc5c5ccccc54)cc32)nc(-c2ccccc2F)n1. The highest BCUT2D eigenvalue weighted by Gasteiger charge is 2.52. The fourth-order valence-corrected chi connectivity index (χ4v) is 9.64. The summed E-state index contributed by atoms with van der Waals surface area (Å²) in [5.74, 6) is -0.355. The van der Waals surface area contributed by atoms with Crippen LogP contribution in [0.5, 0.6) is 0 Å². The van der Waals surface area contributed by atoms with Gasteiger partial charge >= 0.3 is 0 Å². The van der Waals surface area contributed by atoms with Crippen molar-refractivity contribution in [2.45, 2.75) is 5.41 Å². The molecule has 8 aromatic carbocycles. The second kappa shape index (κ2) is 12.2. The summed E-state index contributed by atoms with van der Waals surface area (Å²) in [6.07, 6.45) is 0. The van der Waals surface area contributed by atoms with Crippen LogP contribution in [0, 0.1) is 11.6 Å². The summed E-state index contributed by atoms with van der Waals surface area (Å²) in [5.41, 5.74) is 13.1. The van der Waals surface area contributed by atoms with Crippen molar-refractivity contribution in [3.8, 4) is 62.1 Å². The van der Waals surface area contributed by atoms with Gasteiger partial charge in [0.05, 0.1) is 27.6 Å². The Morgan fingerprint density at radius 2 is 0.793 bits per heavy atom. The van der Waals surface area contributed by atoms with Crippen molar-refractivity contribution in [3.63, 3.8) is 0 Å². The van der Waals surface area contributed by atoms with Crippen LogP contribution >= 0.6 is 0 Å². The van der Waals surface area contributed by atoms with Gasteiger partial charge in [0, 0.05) is 22.0 Å². The van der Waals surface area contributed by atoms with Gasteiger partial charge in [-0.05, 0) is 99.1 Å². The molecule has 2 heterocycles. The standard InChI is InChI=1S/C52H30F2N4/c53-45-21-9-3-17-39(45)50-55-49(56-51(57-50)40-18-4-10-22-46(40)54)31-25-27-35-33-13-1-7-19-41(33)52(43(35)29-31)42-20-8-2-14-34(42)36-28-26-32(30-44(36)52)58-47-23-11-5-15-37(47)38-16-6-12-24-48(38)58/h1-30H. The van der Waals surface area contributed by atoms with Gasteiger partial charge in [-0.1, -0.05) is 127 Å². The van der Waals surface area contributed by atoms with E-state index in [9.17, 15) is 0 Å². The van der Waals surface area contributed by atoms with Crippen molar-refractivity contribution >= 4 is 21.8 Å². The molecule has 1 unspecified atom stereocenters. The topological polar surface area (TPSA) is 43.6 Å². The van der Waals surface area contributed by atoms with Crippen molar-refractivity contribution < 1.29 is 8.78 Å². The Balaban J connectivity index is 1.14. The Bertz CT molecular complexity index is 3220. The van der Waals surface area contributed by atoms with E-state index in [1.165, 1.54) is 50.7 Å². The highest BCUT2D eigenvalue weighted by Crippen LogP contribution is 2.63. The van der Waals surface area contributed by atoms with Gasteiger partial charge in [0.15, 0.2) is 17.5 Å². The highest BCUT2D eigenvalue weighted by atomic mass is 19.1.